The molecular weight excluding hydrogens is 342 g/mol. The van der Waals surface area contributed by atoms with Crippen molar-refractivity contribution in [3.63, 3.8) is 0 Å². The summed E-state index contributed by atoms with van der Waals surface area (Å²) in [4.78, 5) is 24.6. The summed E-state index contributed by atoms with van der Waals surface area (Å²) in [5.74, 6) is -0.0729. The van der Waals surface area contributed by atoms with Crippen LogP contribution in [0.4, 0.5) is 5.69 Å². The van der Waals surface area contributed by atoms with Crippen LogP contribution in [0.5, 0.6) is 0 Å². The first-order valence-corrected chi connectivity index (χ1v) is 7.87. The highest BCUT2D eigenvalue weighted by Crippen LogP contribution is 2.39. The van der Waals surface area contributed by atoms with E-state index in [2.05, 4.69) is 21.2 Å². The van der Waals surface area contributed by atoms with E-state index in [0.29, 0.717) is 16.8 Å². The number of amides is 1. The summed E-state index contributed by atoms with van der Waals surface area (Å²) in [5, 5.41) is 2.87. The van der Waals surface area contributed by atoms with Crippen molar-refractivity contribution >= 4 is 33.3 Å². The highest BCUT2D eigenvalue weighted by molar-refractivity contribution is 9.10. The second-order valence-electron chi connectivity index (χ2n) is 6.48. The number of hydrogen-bond donors (Lipinski definition) is 1. The molecule has 0 fully saturated rings. The van der Waals surface area contributed by atoms with Gasteiger partial charge < -0.3 is 5.32 Å². The molecule has 4 heteroatoms. The SMILES string of the molecule is CC(C)(C)C(=O)Nc1ccc2c(c1)C(=O)c1cc(Br)ccc1-2. The molecule has 1 aliphatic rings. The molecule has 0 unspecified atom stereocenters. The Balaban J connectivity index is 1.99. The molecular formula is C18H16BrNO2. The van der Waals surface area contributed by atoms with Gasteiger partial charge in [0.1, 0.15) is 0 Å². The van der Waals surface area contributed by atoms with Crippen molar-refractivity contribution < 1.29 is 9.59 Å². The maximum atomic E-state index is 12.5. The summed E-state index contributed by atoms with van der Waals surface area (Å²) in [6.07, 6.45) is 0. The van der Waals surface area contributed by atoms with Gasteiger partial charge in [0.2, 0.25) is 5.91 Å². The lowest BCUT2D eigenvalue weighted by atomic mass is 9.95. The van der Waals surface area contributed by atoms with Gasteiger partial charge in [0.05, 0.1) is 0 Å². The van der Waals surface area contributed by atoms with Crippen LogP contribution in [0.15, 0.2) is 40.9 Å². The zero-order valence-electron chi connectivity index (χ0n) is 12.7. The first-order valence-electron chi connectivity index (χ1n) is 7.07. The van der Waals surface area contributed by atoms with Gasteiger partial charge in [-0.2, -0.15) is 0 Å². The number of fused-ring (bicyclic) bond motifs is 3. The van der Waals surface area contributed by atoms with Crippen LogP contribution in [0.2, 0.25) is 0 Å². The van der Waals surface area contributed by atoms with Crippen molar-refractivity contribution in [2.24, 2.45) is 5.41 Å². The van der Waals surface area contributed by atoms with Crippen molar-refractivity contribution in [2.75, 3.05) is 5.32 Å². The van der Waals surface area contributed by atoms with Crippen molar-refractivity contribution in [2.45, 2.75) is 20.8 Å². The molecule has 0 aliphatic heterocycles. The third-order valence-electron chi connectivity index (χ3n) is 3.72. The van der Waals surface area contributed by atoms with Gasteiger partial charge in [0.15, 0.2) is 5.78 Å². The Morgan fingerprint density at radius 2 is 1.55 bits per heavy atom. The molecule has 3 nitrogen and oxygen atoms in total. The van der Waals surface area contributed by atoms with Gasteiger partial charge in [0, 0.05) is 26.7 Å². The van der Waals surface area contributed by atoms with Gasteiger partial charge in [-0.3, -0.25) is 9.59 Å². The van der Waals surface area contributed by atoms with Crippen LogP contribution in [-0.4, -0.2) is 11.7 Å². The molecule has 3 rings (SSSR count). The van der Waals surface area contributed by atoms with Crippen LogP contribution in [0.1, 0.15) is 36.7 Å². The maximum absolute atomic E-state index is 12.5. The van der Waals surface area contributed by atoms with E-state index in [9.17, 15) is 9.59 Å². The van der Waals surface area contributed by atoms with Crippen LogP contribution in [0, 0.1) is 5.41 Å². The minimum atomic E-state index is -0.475. The number of ketones is 1. The lowest BCUT2D eigenvalue weighted by Crippen LogP contribution is -2.27. The Morgan fingerprint density at radius 1 is 0.955 bits per heavy atom. The quantitative estimate of drug-likeness (QED) is 0.689. The summed E-state index contributed by atoms with van der Waals surface area (Å²) in [6, 6.07) is 11.2. The van der Waals surface area contributed by atoms with Crippen LogP contribution >= 0.6 is 15.9 Å². The molecule has 0 bridgehead atoms. The molecule has 1 N–H and O–H groups in total. The summed E-state index contributed by atoms with van der Waals surface area (Å²) in [6.45, 7) is 5.57. The van der Waals surface area contributed by atoms with Crippen molar-refractivity contribution in [3.05, 3.63) is 52.0 Å². The van der Waals surface area contributed by atoms with E-state index in [4.69, 9.17) is 0 Å². The van der Waals surface area contributed by atoms with Crippen LogP contribution in [0.3, 0.4) is 0 Å². The van der Waals surface area contributed by atoms with Crippen LogP contribution in [-0.2, 0) is 4.79 Å². The topological polar surface area (TPSA) is 46.2 Å². The fraction of sp³-hybridized carbons (Fsp3) is 0.222. The highest BCUT2D eigenvalue weighted by atomic mass is 79.9. The molecule has 0 saturated heterocycles. The first-order chi connectivity index (χ1) is 10.3. The van der Waals surface area contributed by atoms with Crippen LogP contribution in [0.25, 0.3) is 11.1 Å². The van der Waals surface area contributed by atoms with E-state index in [1.165, 1.54) is 0 Å². The van der Waals surface area contributed by atoms with E-state index in [1.54, 1.807) is 6.07 Å². The average molecular weight is 358 g/mol. The summed E-state index contributed by atoms with van der Waals surface area (Å²) < 4.78 is 0.883. The summed E-state index contributed by atoms with van der Waals surface area (Å²) >= 11 is 3.40. The molecule has 0 heterocycles. The molecule has 0 spiro atoms. The zero-order valence-corrected chi connectivity index (χ0v) is 14.2. The fourth-order valence-electron chi connectivity index (χ4n) is 2.45. The Labute approximate surface area is 137 Å². The fourth-order valence-corrected chi connectivity index (χ4v) is 2.81. The Bertz CT molecular complexity index is 803. The molecule has 0 radical (unpaired) electrons. The van der Waals surface area contributed by atoms with Gasteiger partial charge in [-0.1, -0.05) is 48.8 Å². The van der Waals surface area contributed by atoms with E-state index in [0.717, 1.165) is 15.6 Å². The lowest BCUT2D eigenvalue weighted by Gasteiger charge is -2.18. The predicted octanol–water partition coefficient (Wildman–Crippen LogP) is 4.65. The maximum Gasteiger partial charge on any atom is 0.229 e. The van der Waals surface area contributed by atoms with Gasteiger partial charge in [-0.15, -0.1) is 0 Å². The molecule has 112 valence electrons. The number of rotatable bonds is 1. The molecule has 1 aliphatic carbocycles. The Morgan fingerprint density at radius 3 is 2.18 bits per heavy atom. The molecule has 0 saturated carbocycles. The van der Waals surface area contributed by atoms with Crippen LogP contribution < -0.4 is 5.32 Å². The number of anilines is 1. The zero-order chi connectivity index (χ0) is 16.1. The predicted molar refractivity (Wildman–Crippen MR) is 91.1 cm³/mol. The Kier molecular flexibility index (Phi) is 3.44. The average Bonchev–Trinajstić information content (AvgIpc) is 2.71. The second-order valence-corrected chi connectivity index (χ2v) is 7.40. The number of carbonyl (C=O) groups excluding carboxylic acids is 2. The molecule has 2 aromatic rings. The molecule has 0 aromatic heterocycles. The van der Waals surface area contributed by atoms with Gasteiger partial charge in [-0.05, 0) is 35.4 Å². The number of carbonyl (C=O) groups is 2. The second kappa shape index (κ2) is 5.06. The first kappa shape index (κ1) is 15.0. The number of halogens is 1. The van der Waals surface area contributed by atoms with E-state index in [-0.39, 0.29) is 11.7 Å². The van der Waals surface area contributed by atoms with Gasteiger partial charge in [-0.25, -0.2) is 0 Å². The minimum absolute atomic E-state index is 0.00171. The Hall–Kier alpha value is -1.94. The molecule has 1 amide bonds. The third-order valence-corrected chi connectivity index (χ3v) is 4.21. The number of benzene rings is 2. The van der Waals surface area contributed by atoms with Crippen molar-refractivity contribution in [3.8, 4) is 11.1 Å². The number of hydrogen-bond acceptors (Lipinski definition) is 2. The smallest absolute Gasteiger partial charge is 0.229 e. The minimum Gasteiger partial charge on any atom is -0.326 e. The highest BCUT2D eigenvalue weighted by Gasteiger charge is 2.28. The van der Waals surface area contributed by atoms with E-state index >= 15 is 0 Å². The molecule has 2 aromatic carbocycles. The number of nitrogens with one attached hydrogen (secondary N) is 1. The normalized spacial score (nSPS) is 12.8. The van der Waals surface area contributed by atoms with E-state index < -0.39 is 5.41 Å². The van der Waals surface area contributed by atoms with E-state index in [1.807, 2.05) is 51.1 Å². The lowest BCUT2D eigenvalue weighted by molar-refractivity contribution is -0.123. The summed E-state index contributed by atoms with van der Waals surface area (Å²) in [7, 11) is 0. The van der Waals surface area contributed by atoms with Gasteiger partial charge >= 0.3 is 0 Å². The molecule has 22 heavy (non-hydrogen) atoms. The molecule has 0 atom stereocenters. The standard InChI is InChI=1S/C18H16BrNO2/c1-18(2,3)17(22)20-11-5-7-13-12-6-4-10(19)8-14(12)16(21)15(13)9-11/h4-9H,1-3H3,(H,20,22). The summed E-state index contributed by atoms with van der Waals surface area (Å²) in [5.41, 5.74) is 3.37. The van der Waals surface area contributed by atoms with Crippen molar-refractivity contribution in [1.82, 2.24) is 0 Å². The third kappa shape index (κ3) is 2.48. The van der Waals surface area contributed by atoms with Crippen molar-refractivity contribution in [1.29, 1.82) is 0 Å². The monoisotopic (exact) mass is 357 g/mol. The largest absolute Gasteiger partial charge is 0.326 e. The van der Waals surface area contributed by atoms with Gasteiger partial charge in [0.25, 0.3) is 0 Å².